The van der Waals surface area contributed by atoms with Crippen molar-refractivity contribution in [3.05, 3.63) is 42.0 Å². The van der Waals surface area contributed by atoms with Crippen LogP contribution in [-0.2, 0) is 27.3 Å². The van der Waals surface area contributed by atoms with Crippen LogP contribution in [0.1, 0.15) is 70.3 Å². The molecule has 2 aromatic rings. The van der Waals surface area contributed by atoms with Crippen LogP contribution in [0.25, 0.3) is 10.8 Å². The maximum Gasteiger partial charge on any atom is 0.396 e. The van der Waals surface area contributed by atoms with Crippen molar-refractivity contribution >= 4 is 32.7 Å². The van der Waals surface area contributed by atoms with Gasteiger partial charge < -0.3 is 9.29 Å². The van der Waals surface area contributed by atoms with E-state index >= 15 is 0 Å². The molecule has 4 aliphatic carbocycles. The van der Waals surface area contributed by atoms with Gasteiger partial charge in [0, 0.05) is 28.6 Å². The first-order valence-corrected chi connectivity index (χ1v) is 18.1. The first-order valence-electron chi connectivity index (χ1n) is 15.4. The second-order valence-corrected chi connectivity index (χ2v) is 15.9. The van der Waals surface area contributed by atoms with E-state index in [0.717, 1.165) is 36.5 Å². The second kappa shape index (κ2) is 11.1. The highest BCUT2D eigenvalue weighted by Gasteiger charge is 2.68. The van der Waals surface area contributed by atoms with Gasteiger partial charge in [0.2, 0.25) is 0 Å². The van der Waals surface area contributed by atoms with E-state index in [2.05, 4.69) is 43.3 Å². The van der Waals surface area contributed by atoms with E-state index in [1.165, 1.54) is 48.0 Å². The van der Waals surface area contributed by atoms with Crippen molar-refractivity contribution in [1.82, 2.24) is 0 Å². The minimum Gasteiger partial charge on any atom is -0.743 e. The monoisotopic (exact) mass is 628 g/mol. The zero-order chi connectivity index (χ0) is 29.9. The summed E-state index contributed by atoms with van der Waals surface area (Å²) in [5.74, 6) is -0.177. The molecule has 1 saturated heterocycles. The van der Waals surface area contributed by atoms with Gasteiger partial charge in [-0.1, -0.05) is 50.1 Å². The number of rotatable bonds is 8. The normalized spacial score (nSPS) is 33.6. The zero-order valence-corrected chi connectivity index (χ0v) is 25.6. The minimum atomic E-state index is -6.35. The summed E-state index contributed by atoms with van der Waals surface area (Å²) in [4.78, 5) is 0. The lowest BCUT2D eigenvalue weighted by atomic mass is 9.67. The van der Waals surface area contributed by atoms with Crippen LogP contribution in [0.3, 0.4) is 0 Å². The van der Waals surface area contributed by atoms with Gasteiger partial charge in [0.15, 0.2) is 10.1 Å². The molecule has 0 spiro atoms. The summed E-state index contributed by atoms with van der Waals surface area (Å²) >= 11 is 1.71. The molecular weight excluding hydrogens is 588 g/mol. The van der Waals surface area contributed by atoms with Gasteiger partial charge in [-0.15, -0.1) is 0 Å². The topological polar surface area (TPSA) is 66.4 Å². The molecule has 10 heteroatoms. The standard InChI is InChI=1S/C23H28OS.C9H12F4O3S/c1-2-3-12-24-22-9-8-20(17-6-4-5-7-18(17)22)23-11-10-16(13-23)19-14-25-15-21(19)23;10-8(11,9(12,13)17(14,15)16)7-4-5-1-2-6(7)3-5/h4-9,16,19,21H,2-3,10-15H2,1H3;5-7H,1-4H2,(H,14,15,16). The van der Waals surface area contributed by atoms with Crippen molar-refractivity contribution in [3.63, 3.8) is 0 Å². The molecular formula is C32H40F4O4S2. The summed E-state index contributed by atoms with van der Waals surface area (Å²) in [5, 5.41) is -2.73. The maximum atomic E-state index is 13.5. The van der Waals surface area contributed by atoms with Crippen LogP contribution in [0.4, 0.5) is 17.6 Å². The van der Waals surface area contributed by atoms with Crippen molar-refractivity contribution in [3.8, 4) is 5.75 Å². The van der Waals surface area contributed by atoms with Crippen LogP contribution in [0.5, 0.6) is 5.75 Å². The first kappa shape index (κ1) is 30.5. The SMILES string of the molecule is CCCCOc1ccc(C23CCC(C2)C2C[SH+]CC23)c2ccccc12.O=S(=O)([O-])C(F)(F)C(F)(F)C1CC2CCC1C2. The number of unbranched alkanes of at least 4 members (excludes halogenated alkanes) is 1. The maximum absolute atomic E-state index is 13.5. The van der Waals surface area contributed by atoms with E-state index in [-0.39, 0.29) is 12.3 Å². The quantitative estimate of drug-likeness (QED) is 0.101. The number of alkyl halides is 4. The largest absolute Gasteiger partial charge is 0.743 e. The number of benzene rings is 2. The van der Waals surface area contributed by atoms with E-state index in [1.54, 1.807) is 17.3 Å². The van der Waals surface area contributed by atoms with Crippen molar-refractivity contribution in [2.75, 3.05) is 18.1 Å². The molecule has 5 fully saturated rings. The zero-order valence-electron chi connectivity index (χ0n) is 23.9. The summed E-state index contributed by atoms with van der Waals surface area (Å²) in [6.07, 6.45) is 8.05. The molecule has 0 amide bonds. The highest BCUT2D eigenvalue weighted by Crippen LogP contribution is 2.64. The average Bonchev–Trinajstić information content (AvgIpc) is 3.78. The Hall–Kier alpha value is -1.52. The molecule has 2 aromatic carbocycles. The van der Waals surface area contributed by atoms with Crippen molar-refractivity contribution in [2.24, 2.45) is 35.5 Å². The van der Waals surface area contributed by atoms with E-state index in [0.29, 0.717) is 24.7 Å². The average molecular weight is 629 g/mol. The predicted molar refractivity (Wildman–Crippen MR) is 157 cm³/mol. The smallest absolute Gasteiger partial charge is 0.396 e. The summed E-state index contributed by atoms with van der Waals surface area (Å²) in [6.45, 7) is 3.05. The molecule has 4 bridgehead atoms. The van der Waals surface area contributed by atoms with Crippen LogP contribution in [-0.4, -0.2) is 42.3 Å². The number of hydrogen-bond acceptors (Lipinski definition) is 4. The molecule has 42 heavy (non-hydrogen) atoms. The Morgan fingerprint density at radius 3 is 2.43 bits per heavy atom. The van der Waals surface area contributed by atoms with Gasteiger partial charge in [-0.05, 0) is 91.5 Å². The van der Waals surface area contributed by atoms with Crippen molar-refractivity contribution < 1.29 is 35.3 Å². The lowest BCUT2D eigenvalue weighted by Crippen LogP contribution is -2.52. The molecule has 7 unspecified atom stereocenters. The molecule has 5 aliphatic rings. The predicted octanol–water partition coefficient (Wildman–Crippen LogP) is 7.33. The third-order valence-electron chi connectivity index (χ3n) is 11.2. The Labute approximate surface area is 250 Å². The Morgan fingerprint density at radius 1 is 1.00 bits per heavy atom. The second-order valence-electron chi connectivity index (χ2n) is 13.3. The highest BCUT2D eigenvalue weighted by atomic mass is 32.2. The number of fused-ring (bicyclic) bond motifs is 8. The van der Waals surface area contributed by atoms with E-state index in [1.807, 2.05) is 0 Å². The Morgan fingerprint density at radius 2 is 1.76 bits per heavy atom. The van der Waals surface area contributed by atoms with Gasteiger partial charge in [0.05, 0.1) is 6.61 Å². The van der Waals surface area contributed by atoms with Gasteiger partial charge >= 0.3 is 11.2 Å². The lowest BCUT2D eigenvalue weighted by Gasteiger charge is -2.36. The van der Waals surface area contributed by atoms with Gasteiger partial charge in [0.25, 0.3) is 0 Å². The van der Waals surface area contributed by atoms with Crippen molar-refractivity contribution in [1.29, 1.82) is 0 Å². The fourth-order valence-corrected chi connectivity index (χ4v) is 11.6. The number of thiol groups is 1. The van der Waals surface area contributed by atoms with E-state index < -0.39 is 33.1 Å². The van der Waals surface area contributed by atoms with Gasteiger partial charge in [-0.2, -0.15) is 17.6 Å². The Balaban J connectivity index is 0.000000163. The summed E-state index contributed by atoms with van der Waals surface area (Å²) in [5.41, 5.74) is 2.10. The van der Waals surface area contributed by atoms with Crippen LogP contribution in [0.2, 0.25) is 0 Å². The summed E-state index contributed by atoms with van der Waals surface area (Å²) in [7, 11) is -6.35. The molecule has 4 saturated carbocycles. The van der Waals surface area contributed by atoms with Crippen LogP contribution >= 0.6 is 0 Å². The third-order valence-corrected chi connectivity index (χ3v) is 13.4. The molecule has 7 rings (SSSR count). The molecule has 1 heterocycles. The molecule has 1 aliphatic heterocycles. The Bertz CT molecular complexity index is 1420. The van der Waals surface area contributed by atoms with Gasteiger partial charge in [-0.3, -0.25) is 0 Å². The van der Waals surface area contributed by atoms with E-state index in [9.17, 15) is 30.5 Å². The van der Waals surface area contributed by atoms with Crippen molar-refractivity contribution in [2.45, 2.75) is 81.3 Å². The highest BCUT2D eigenvalue weighted by molar-refractivity contribution is 7.86. The van der Waals surface area contributed by atoms with Gasteiger partial charge in [-0.25, -0.2) is 8.42 Å². The first-order chi connectivity index (χ1) is 19.9. The van der Waals surface area contributed by atoms with Gasteiger partial charge in [0.1, 0.15) is 17.3 Å². The summed E-state index contributed by atoms with van der Waals surface area (Å²) < 4.78 is 90.1. The van der Waals surface area contributed by atoms with Crippen LogP contribution in [0, 0.1) is 35.5 Å². The molecule has 0 N–H and O–H groups in total. The van der Waals surface area contributed by atoms with E-state index in [4.69, 9.17) is 4.74 Å². The number of hydrogen-bond donors (Lipinski definition) is 0. The number of halogens is 4. The fraction of sp³-hybridized carbons (Fsp3) is 0.688. The molecule has 0 radical (unpaired) electrons. The summed E-state index contributed by atoms with van der Waals surface area (Å²) in [6, 6.07) is 13.7. The molecule has 0 aromatic heterocycles. The minimum absolute atomic E-state index is 0.0407. The molecule has 232 valence electrons. The molecule has 4 nitrogen and oxygen atoms in total. The van der Waals surface area contributed by atoms with Crippen LogP contribution in [0.15, 0.2) is 36.4 Å². The van der Waals surface area contributed by atoms with Crippen LogP contribution < -0.4 is 4.74 Å². The fourth-order valence-electron chi connectivity index (χ4n) is 9.18. The lowest BCUT2D eigenvalue weighted by molar-refractivity contribution is -0.202. The molecule has 7 atom stereocenters. The third kappa shape index (κ3) is 4.86. The Kier molecular flexibility index (Phi) is 8.08. The number of ether oxygens (including phenoxy) is 1.